The van der Waals surface area contributed by atoms with Crippen LogP contribution in [-0.4, -0.2) is 32.2 Å². The van der Waals surface area contributed by atoms with Crippen molar-refractivity contribution in [2.75, 3.05) is 0 Å². The van der Waals surface area contributed by atoms with E-state index in [4.69, 9.17) is 9.84 Å². The van der Waals surface area contributed by atoms with Crippen molar-refractivity contribution in [1.29, 1.82) is 0 Å². The number of esters is 1. The molecule has 0 aliphatic carbocycles. The highest BCUT2D eigenvalue weighted by molar-refractivity contribution is 5.92. The first-order valence-corrected chi connectivity index (χ1v) is 8.15. The number of carboxylic acid groups (broad SMARTS) is 1. The summed E-state index contributed by atoms with van der Waals surface area (Å²) in [7, 11) is 0. The van der Waals surface area contributed by atoms with E-state index in [0.29, 0.717) is 24.8 Å². The van der Waals surface area contributed by atoms with Crippen molar-refractivity contribution in [3.63, 3.8) is 0 Å². The predicted octanol–water partition coefficient (Wildman–Crippen LogP) is 3.42. The number of carbonyl (C=O) groups is 2. The molecule has 0 atom stereocenters. The van der Waals surface area contributed by atoms with Gasteiger partial charge < -0.3 is 14.4 Å². The maximum atomic E-state index is 11.8. The summed E-state index contributed by atoms with van der Waals surface area (Å²) < 4.78 is 7.35. The second-order valence-corrected chi connectivity index (χ2v) is 6.72. The van der Waals surface area contributed by atoms with E-state index in [9.17, 15) is 9.59 Å². The number of rotatable bonds is 6. The first-order chi connectivity index (χ1) is 11.2. The Kier molecular flexibility index (Phi) is 5.26. The van der Waals surface area contributed by atoms with Crippen molar-refractivity contribution in [1.82, 2.24) is 9.55 Å². The van der Waals surface area contributed by atoms with Crippen molar-refractivity contribution < 1.29 is 19.4 Å². The third-order valence-electron chi connectivity index (χ3n) is 3.59. The van der Waals surface area contributed by atoms with E-state index in [-0.39, 0.29) is 11.5 Å². The van der Waals surface area contributed by atoms with Crippen LogP contribution in [-0.2, 0) is 22.5 Å². The summed E-state index contributed by atoms with van der Waals surface area (Å²) >= 11 is 0. The second-order valence-electron chi connectivity index (χ2n) is 6.72. The minimum Gasteiger partial charge on any atom is -0.478 e. The third-order valence-corrected chi connectivity index (χ3v) is 3.59. The first kappa shape index (κ1) is 18.0. The van der Waals surface area contributed by atoms with Crippen molar-refractivity contribution >= 4 is 23.0 Å². The molecule has 24 heavy (non-hydrogen) atoms. The van der Waals surface area contributed by atoms with Gasteiger partial charge in [0.2, 0.25) is 0 Å². The SMILES string of the molecule is CCn1c(CCCC(=O)OC(C)(C)C)nc2cc(C(=O)O)ccc21. The summed E-state index contributed by atoms with van der Waals surface area (Å²) in [6.07, 6.45) is 1.62. The van der Waals surface area contributed by atoms with Crippen LogP contribution >= 0.6 is 0 Å². The fraction of sp³-hybridized carbons (Fsp3) is 0.500. The zero-order valence-corrected chi connectivity index (χ0v) is 14.6. The van der Waals surface area contributed by atoms with Crippen LogP contribution in [0.5, 0.6) is 0 Å². The highest BCUT2D eigenvalue weighted by atomic mass is 16.6. The van der Waals surface area contributed by atoms with Crippen LogP contribution < -0.4 is 0 Å². The fourth-order valence-electron chi connectivity index (χ4n) is 2.64. The molecule has 0 radical (unpaired) electrons. The molecule has 6 nitrogen and oxygen atoms in total. The lowest BCUT2D eigenvalue weighted by Crippen LogP contribution is -2.23. The summed E-state index contributed by atoms with van der Waals surface area (Å²) in [6, 6.07) is 4.96. The molecule has 6 heteroatoms. The van der Waals surface area contributed by atoms with Gasteiger partial charge in [-0.25, -0.2) is 9.78 Å². The quantitative estimate of drug-likeness (QED) is 0.820. The summed E-state index contributed by atoms with van der Waals surface area (Å²) in [5.41, 5.74) is 1.34. The smallest absolute Gasteiger partial charge is 0.335 e. The van der Waals surface area contributed by atoms with Gasteiger partial charge in [0.1, 0.15) is 11.4 Å². The average molecular weight is 332 g/mol. The molecule has 0 fully saturated rings. The number of hydrogen-bond acceptors (Lipinski definition) is 4. The zero-order chi connectivity index (χ0) is 17.9. The largest absolute Gasteiger partial charge is 0.478 e. The predicted molar refractivity (Wildman–Crippen MR) is 91.1 cm³/mol. The van der Waals surface area contributed by atoms with E-state index in [2.05, 4.69) is 9.55 Å². The standard InChI is InChI=1S/C18H24N2O4/c1-5-20-14-10-9-12(17(22)23)11-13(14)19-15(20)7-6-8-16(21)24-18(2,3)4/h9-11H,5-8H2,1-4H3,(H,22,23). The highest BCUT2D eigenvalue weighted by Crippen LogP contribution is 2.20. The summed E-state index contributed by atoms with van der Waals surface area (Å²) in [5, 5.41) is 9.09. The minimum atomic E-state index is -0.963. The Hall–Kier alpha value is -2.37. The van der Waals surface area contributed by atoms with E-state index in [1.54, 1.807) is 18.2 Å². The molecular formula is C18H24N2O4. The molecule has 0 aliphatic rings. The molecule has 1 heterocycles. The molecule has 0 saturated carbocycles. The number of aryl methyl sites for hydroxylation is 2. The average Bonchev–Trinajstić information content (AvgIpc) is 2.81. The number of ether oxygens (including phenoxy) is 1. The number of nitrogens with zero attached hydrogens (tertiary/aromatic N) is 2. The molecule has 130 valence electrons. The van der Waals surface area contributed by atoms with Crippen molar-refractivity contribution in [3.8, 4) is 0 Å². The monoisotopic (exact) mass is 332 g/mol. The molecule has 0 amide bonds. The normalized spacial score (nSPS) is 11.7. The maximum Gasteiger partial charge on any atom is 0.335 e. The Morgan fingerprint density at radius 2 is 2.00 bits per heavy atom. The number of aromatic carboxylic acids is 1. The van der Waals surface area contributed by atoms with E-state index in [0.717, 1.165) is 17.9 Å². The van der Waals surface area contributed by atoms with Crippen molar-refractivity contribution in [2.45, 2.75) is 59.1 Å². The van der Waals surface area contributed by atoms with Gasteiger partial charge in [0.15, 0.2) is 0 Å². The van der Waals surface area contributed by atoms with Gasteiger partial charge in [0.25, 0.3) is 0 Å². The van der Waals surface area contributed by atoms with Gasteiger partial charge in [-0.3, -0.25) is 4.79 Å². The van der Waals surface area contributed by atoms with Crippen LogP contribution in [0.15, 0.2) is 18.2 Å². The Bertz CT molecular complexity index is 756. The van der Waals surface area contributed by atoms with Gasteiger partial charge in [-0.15, -0.1) is 0 Å². The number of imidazole rings is 1. The van der Waals surface area contributed by atoms with E-state index >= 15 is 0 Å². The molecule has 1 aromatic carbocycles. The number of carboxylic acids is 1. The first-order valence-electron chi connectivity index (χ1n) is 8.15. The topological polar surface area (TPSA) is 81.4 Å². The lowest BCUT2D eigenvalue weighted by atomic mass is 10.2. The molecule has 0 saturated heterocycles. The van der Waals surface area contributed by atoms with Gasteiger partial charge in [0.05, 0.1) is 16.6 Å². The van der Waals surface area contributed by atoms with Crippen LogP contribution in [0.25, 0.3) is 11.0 Å². The molecule has 0 spiro atoms. The van der Waals surface area contributed by atoms with Gasteiger partial charge in [-0.1, -0.05) is 0 Å². The Balaban J connectivity index is 2.11. The molecule has 0 unspecified atom stereocenters. The molecule has 0 bridgehead atoms. The second kappa shape index (κ2) is 7.03. The third kappa shape index (κ3) is 4.34. The Morgan fingerprint density at radius 3 is 2.58 bits per heavy atom. The van der Waals surface area contributed by atoms with Gasteiger partial charge in [0, 0.05) is 19.4 Å². The lowest BCUT2D eigenvalue weighted by Gasteiger charge is -2.19. The summed E-state index contributed by atoms with van der Waals surface area (Å²) in [5.74, 6) is -0.317. The molecule has 0 aliphatic heterocycles. The Morgan fingerprint density at radius 1 is 1.29 bits per heavy atom. The van der Waals surface area contributed by atoms with Crippen molar-refractivity contribution in [2.24, 2.45) is 0 Å². The summed E-state index contributed by atoms with van der Waals surface area (Å²) in [4.78, 5) is 27.4. The van der Waals surface area contributed by atoms with Crippen LogP contribution in [0.3, 0.4) is 0 Å². The Labute approximate surface area is 141 Å². The van der Waals surface area contributed by atoms with E-state index < -0.39 is 11.6 Å². The number of aromatic nitrogens is 2. The van der Waals surface area contributed by atoms with Crippen LogP contribution in [0.4, 0.5) is 0 Å². The molecule has 2 rings (SSSR count). The van der Waals surface area contributed by atoms with Gasteiger partial charge in [-0.05, 0) is 52.3 Å². The van der Waals surface area contributed by atoms with Crippen molar-refractivity contribution in [3.05, 3.63) is 29.6 Å². The number of carbonyl (C=O) groups excluding carboxylic acids is 1. The molecule has 1 aromatic heterocycles. The minimum absolute atomic E-state index is 0.213. The molecule has 1 N–H and O–H groups in total. The maximum absolute atomic E-state index is 11.8. The van der Waals surface area contributed by atoms with Crippen LogP contribution in [0.2, 0.25) is 0 Å². The van der Waals surface area contributed by atoms with Crippen LogP contribution in [0, 0.1) is 0 Å². The van der Waals surface area contributed by atoms with Gasteiger partial charge >= 0.3 is 11.9 Å². The lowest BCUT2D eigenvalue weighted by molar-refractivity contribution is -0.154. The van der Waals surface area contributed by atoms with E-state index in [1.165, 1.54) is 0 Å². The van der Waals surface area contributed by atoms with Gasteiger partial charge in [-0.2, -0.15) is 0 Å². The molecule has 2 aromatic rings. The van der Waals surface area contributed by atoms with E-state index in [1.807, 2.05) is 27.7 Å². The molecular weight excluding hydrogens is 308 g/mol. The fourth-order valence-corrected chi connectivity index (χ4v) is 2.64. The van der Waals surface area contributed by atoms with Crippen LogP contribution in [0.1, 0.15) is 56.7 Å². The zero-order valence-electron chi connectivity index (χ0n) is 14.6. The number of benzene rings is 1. The summed E-state index contributed by atoms with van der Waals surface area (Å²) in [6.45, 7) is 8.30. The highest BCUT2D eigenvalue weighted by Gasteiger charge is 2.17. The number of hydrogen-bond donors (Lipinski definition) is 1. The number of fused-ring (bicyclic) bond motifs is 1.